The molecule has 0 amide bonds. The maximum atomic E-state index is 3.55. The zero-order chi connectivity index (χ0) is 15.2. The minimum absolute atomic E-state index is 0.874. The van der Waals surface area contributed by atoms with Gasteiger partial charge < -0.3 is 5.32 Å². The van der Waals surface area contributed by atoms with Crippen LogP contribution in [0.1, 0.15) is 16.7 Å². The highest BCUT2D eigenvalue weighted by molar-refractivity contribution is 5.67. The van der Waals surface area contributed by atoms with Gasteiger partial charge >= 0.3 is 0 Å². The van der Waals surface area contributed by atoms with Crippen molar-refractivity contribution >= 4 is 0 Å². The first-order valence-electron chi connectivity index (χ1n) is 7.72. The van der Waals surface area contributed by atoms with Crippen LogP contribution >= 0.6 is 0 Å². The van der Waals surface area contributed by atoms with Gasteiger partial charge in [-0.15, -0.1) is 0 Å². The van der Waals surface area contributed by atoms with Gasteiger partial charge in [0.1, 0.15) is 0 Å². The summed E-state index contributed by atoms with van der Waals surface area (Å²) in [5, 5.41) is 3.55. The quantitative estimate of drug-likeness (QED) is 0.700. The third kappa shape index (κ3) is 3.63. The minimum Gasteiger partial charge on any atom is -0.309 e. The average molecular weight is 287 g/mol. The Labute approximate surface area is 132 Å². The maximum Gasteiger partial charge on any atom is 0.0214 e. The van der Waals surface area contributed by atoms with E-state index in [1.807, 2.05) is 0 Å². The Morgan fingerprint density at radius 3 is 2.14 bits per heavy atom. The average Bonchev–Trinajstić information content (AvgIpc) is 2.58. The van der Waals surface area contributed by atoms with Crippen LogP contribution in [0, 0.1) is 6.92 Å². The lowest BCUT2D eigenvalue weighted by Crippen LogP contribution is -2.13. The van der Waals surface area contributed by atoms with Crippen molar-refractivity contribution in [2.75, 3.05) is 0 Å². The van der Waals surface area contributed by atoms with E-state index < -0.39 is 0 Å². The van der Waals surface area contributed by atoms with E-state index in [0.717, 1.165) is 13.1 Å². The van der Waals surface area contributed by atoms with Crippen molar-refractivity contribution in [1.29, 1.82) is 0 Å². The van der Waals surface area contributed by atoms with E-state index in [2.05, 4.69) is 91.1 Å². The fraction of sp³-hybridized carbons (Fsp3) is 0.143. The van der Waals surface area contributed by atoms with Gasteiger partial charge in [-0.3, -0.25) is 0 Å². The van der Waals surface area contributed by atoms with Crippen molar-refractivity contribution in [3.05, 3.63) is 95.6 Å². The Morgan fingerprint density at radius 1 is 0.682 bits per heavy atom. The van der Waals surface area contributed by atoms with Gasteiger partial charge in [0.25, 0.3) is 0 Å². The largest absolute Gasteiger partial charge is 0.309 e. The van der Waals surface area contributed by atoms with Gasteiger partial charge in [0.15, 0.2) is 0 Å². The summed E-state index contributed by atoms with van der Waals surface area (Å²) in [4.78, 5) is 0. The van der Waals surface area contributed by atoms with E-state index >= 15 is 0 Å². The predicted molar refractivity (Wildman–Crippen MR) is 93.6 cm³/mol. The molecule has 110 valence electrons. The molecule has 1 nitrogen and oxygen atoms in total. The minimum atomic E-state index is 0.874. The number of nitrogens with one attached hydrogen (secondary N) is 1. The zero-order valence-corrected chi connectivity index (χ0v) is 12.9. The number of rotatable bonds is 5. The molecule has 3 rings (SSSR count). The van der Waals surface area contributed by atoms with Crippen LogP contribution in [0.25, 0.3) is 11.1 Å². The molecule has 0 aromatic heterocycles. The first-order valence-corrected chi connectivity index (χ1v) is 7.72. The molecule has 0 saturated heterocycles. The maximum absolute atomic E-state index is 3.55. The topological polar surface area (TPSA) is 12.0 Å². The van der Waals surface area contributed by atoms with Gasteiger partial charge in [-0.2, -0.15) is 0 Å². The van der Waals surface area contributed by atoms with Crippen LogP contribution in [0.5, 0.6) is 0 Å². The lowest BCUT2D eigenvalue weighted by Gasteiger charge is -2.11. The summed E-state index contributed by atoms with van der Waals surface area (Å²) in [6.45, 7) is 3.88. The third-order valence-corrected chi connectivity index (χ3v) is 3.87. The normalized spacial score (nSPS) is 10.6. The van der Waals surface area contributed by atoms with Gasteiger partial charge in [-0.25, -0.2) is 0 Å². The Kier molecular flexibility index (Phi) is 4.67. The summed E-state index contributed by atoms with van der Waals surface area (Å²) in [5.74, 6) is 0. The molecule has 0 bridgehead atoms. The SMILES string of the molecule is Cc1ccc(CNCc2ccccc2-c2ccccc2)cc1. The summed E-state index contributed by atoms with van der Waals surface area (Å²) >= 11 is 0. The summed E-state index contributed by atoms with van der Waals surface area (Å²) in [6.07, 6.45) is 0. The number of aryl methyl sites for hydroxylation is 1. The fourth-order valence-corrected chi connectivity index (χ4v) is 2.62. The van der Waals surface area contributed by atoms with Gasteiger partial charge in [0, 0.05) is 13.1 Å². The second-order valence-electron chi connectivity index (χ2n) is 5.61. The van der Waals surface area contributed by atoms with Gasteiger partial charge in [-0.1, -0.05) is 84.4 Å². The van der Waals surface area contributed by atoms with E-state index in [1.165, 1.54) is 27.8 Å². The number of hydrogen-bond donors (Lipinski definition) is 1. The molecule has 0 unspecified atom stereocenters. The summed E-state index contributed by atoms with van der Waals surface area (Å²) < 4.78 is 0. The molecule has 0 radical (unpaired) electrons. The molecule has 0 saturated carbocycles. The molecular weight excluding hydrogens is 266 g/mol. The molecular formula is C21H21N. The highest BCUT2D eigenvalue weighted by Gasteiger charge is 2.03. The molecule has 0 aliphatic heterocycles. The van der Waals surface area contributed by atoms with Crippen molar-refractivity contribution in [3.8, 4) is 11.1 Å². The molecule has 1 heteroatoms. The van der Waals surface area contributed by atoms with Crippen LogP contribution in [0.15, 0.2) is 78.9 Å². The number of benzene rings is 3. The lowest BCUT2D eigenvalue weighted by molar-refractivity contribution is 0.694. The highest BCUT2D eigenvalue weighted by atomic mass is 14.8. The standard InChI is InChI=1S/C21H21N/c1-17-11-13-18(14-12-17)15-22-16-20-9-5-6-10-21(20)19-7-3-2-4-8-19/h2-14,22H,15-16H2,1H3. The van der Waals surface area contributed by atoms with E-state index in [-0.39, 0.29) is 0 Å². The smallest absolute Gasteiger partial charge is 0.0214 e. The molecule has 0 heterocycles. The van der Waals surface area contributed by atoms with Crippen molar-refractivity contribution in [2.45, 2.75) is 20.0 Å². The van der Waals surface area contributed by atoms with Crippen LogP contribution in [-0.4, -0.2) is 0 Å². The third-order valence-electron chi connectivity index (χ3n) is 3.87. The van der Waals surface area contributed by atoms with Crippen molar-refractivity contribution in [3.63, 3.8) is 0 Å². The molecule has 22 heavy (non-hydrogen) atoms. The second kappa shape index (κ2) is 7.06. The molecule has 0 aliphatic carbocycles. The van der Waals surface area contributed by atoms with E-state index in [0.29, 0.717) is 0 Å². The van der Waals surface area contributed by atoms with Crippen molar-refractivity contribution < 1.29 is 0 Å². The van der Waals surface area contributed by atoms with Gasteiger partial charge in [0.2, 0.25) is 0 Å². The molecule has 0 spiro atoms. The molecule has 1 N–H and O–H groups in total. The summed E-state index contributed by atoms with van der Waals surface area (Å²) in [6, 6.07) is 27.9. The van der Waals surface area contributed by atoms with Crippen LogP contribution in [0.3, 0.4) is 0 Å². The number of hydrogen-bond acceptors (Lipinski definition) is 1. The fourth-order valence-electron chi connectivity index (χ4n) is 2.62. The van der Waals surface area contributed by atoms with Crippen LogP contribution in [-0.2, 0) is 13.1 Å². The lowest BCUT2D eigenvalue weighted by atomic mass is 10.00. The Hall–Kier alpha value is -2.38. The Balaban J connectivity index is 1.69. The summed E-state index contributed by atoms with van der Waals surface area (Å²) in [7, 11) is 0. The van der Waals surface area contributed by atoms with Crippen LogP contribution in [0.4, 0.5) is 0 Å². The van der Waals surface area contributed by atoms with Crippen molar-refractivity contribution in [1.82, 2.24) is 5.32 Å². The molecule has 0 atom stereocenters. The van der Waals surface area contributed by atoms with Crippen LogP contribution in [0.2, 0.25) is 0 Å². The van der Waals surface area contributed by atoms with Gasteiger partial charge in [-0.05, 0) is 29.2 Å². The van der Waals surface area contributed by atoms with E-state index in [4.69, 9.17) is 0 Å². The van der Waals surface area contributed by atoms with E-state index in [9.17, 15) is 0 Å². The van der Waals surface area contributed by atoms with Gasteiger partial charge in [0.05, 0.1) is 0 Å². The van der Waals surface area contributed by atoms with Crippen molar-refractivity contribution in [2.24, 2.45) is 0 Å². The first kappa shape index (κ1) is 14.6. The highest BCUT2D eigenvalue weighted by Crippen LogP contribution is 2.23. The molecule has 3 aromatic carbocycles. The second-order valence-corrected chi connectivity index (χ2v) is 5.61. The first-order chi connectivity index (χ1) is 10.8. The molecule has 0 aliphatic rings. The predicted octanol–water partition coefficient (Wildman–Crippen LogP) is 4.95. The summed E-state index contributed by atoms with van der Waals surface area (Å²) in [5.41, 5.74) is 6.54. The van der Waals surface area contributed by atoms with E-state index in [1.54, 1.807) is 0 Å². The Morgan fingerprint density at radius 2 is 1.36 bits per heavy atom. The monoisotopic (exact) mass is 287 g/mol. The molecule has 3 aromatic rings. The van der Waals surface area contributed by atoms with Crippen LogP contribution < -0.4 is 5.32 Å². The Bertz CT molecular complexity index is 714. The molecule has 0 fully saturated rings. The zero-order valence-electron chi connectivity index (χ0n) is 12.9.